The lowest BCUT2D eigenvalue weighted by Gasteiger charge is -2.25. The lowest BCUT2D eigenvalue weighted by molar-refractivity contribution is -0.168. The van der Waals surface area contributed by atoms with Crippen LogP contribution in [-0.2, 0) is 14.3 Å². The van der Waals surface area contributed by atoms with E-state index in [1.165, 1.54) is 0 Å². The van der Waals surface area contributed by atoms with Gasteiger partial charge in [-0.15, -0.1) is 0 Å². The third kappa shape index (κ3) is 1.16. The summed E-state index contributed by atoms with van der Waals surface area (Å²) in [4.78, 5) is 21.2. The highest BCUT2D eigenvalue weighted by Gasteiger charge is 2.36. The minimum atomic E-state index is -0.964. The monoisotopic (exact) mass is 143 g/mol. The second-order valence-electron chi connectivity index (χ2n) is 2.68. The maximum Gasteiger partial charge on any atom is 0.333 e. The molecule has 0 aromatic heterocycles. The third-order valence-electron chi connectivity index (χ3n) is 1.52. The Labute approximate surface area is 58.3 Å². The molecule has 1 heterocycles. The van der Waals surface area contributed by atoms with Crippen LogP contribution in [0.15, 0.2) is 0 Å². The first-order valence-electron chi connectivity index (χ1n) is 3.06. The standard InChI is InChI=1S/C6H9NO3/c1-6(7)3-2-4(8)10-5(6)9/h2-3,7H2,1H3/t6-/m0/s1. The fraction of sp³-hybridized carbons (Fsp3) is 0.667. The van der Waals surface area contributed by atoms with Gasteiger partial charge in [-0.3, -0.25) is 4.79 Å². The number of carbonyl (C=O) groups excluding carboxylic acids is 2. The summed E-state index contributed by atoms with van der Waals surface area (Å²) in [5.74, 6) is -1.10. The first kappa shape index (κ1) is 7.21. The van der Waals surface area contributed by atoms with Crippen molar-refractivity contribution in [3.05, 3.63) is 0 Å². The Balaban J connectivity index is 2.70. The molecule has 2 N–H and O–H groups in total. The van der Waals surface area contributed by atoms with E-state index >= 15 is 0 Å². The maximum atomic E-state index is 10.8. The molecule has 1 fully saturated rings. The van der Waals surface area contributed by atoms with E-state index in [9.17, 15) is 9.59 Å². The van der Waals surface area contributed by atoms with Crippen molar-refractivity contribution in [3.63, 3.8) is 0 Å². The Morgan fingerprint density at radius 3 is 2.60 bits per heavy atom. The van der Waals surface area contributed by atoms with Gasteiger partial charge in [-0.2, -0.15) is 0 Å². The topological polar surface area (TPSA) is 69.4 Å². The molecule has 0 unspecified atom stereocenters. The molecule has 0 spiro atoms. The number of rotatable bonds is 0. The van der Waals surface area contributed by atoms with E-state index in [1.807, 2.05) is 0 Å². The van der Waals surface area contributed by atoms with Crippen LogP contribution in [0.2, 0.25) is 0 Å². The molecule has 1 saturated heterocycles. The van der Waals surface area contributed by atoms with Gasteiger partial charge in [-0.25, -0.2) is 4.79 Å². The zero-order valence-electron chi connectivity index (χ0n) is 5.72. The van der Waals surface area contributed by atoms with Gasteiger partial charge in [0.1, 0.15) is 5.54 Å². The van der Waals surface area contributed by atoms with Crippen molar-refractivity contribution in [1.29, 1.82) is 0 Å². The predicted octanol–water partition coefficient (Wildman–Crippen LogP) is -0.433. The van der Waals surface area contributed by atoms with Crippen molar-refractivity contribution in [3.8, 4) is 0 Å². The summed E-state index contributed by atoms with van der Waals surface area (Å²) >= 11 is 0. The zero-order valence-corrected chi connectivity index (χ0v) is 5.72. The van der Waals surface area contributed by atoms with Gasteiger partial charge in [0.15, 0.2) is 0 Å². The normalized spacial score (nSPS) is 33.8. The lowest BCUT2D eigenvalue weighted by atomic mass is 9.95. The van der Waals surface area contributed by atoms with E-state index in [0.717, 1.165) is 0 Å². The van der Waals surface area contributed by atoms with Gasteiger partial charge < -0.3 is 10.5 Å². The molecule has 1 rings (SSSR count). The maximum absolute atomic E-state index is 10.8. The minimum absolute atomic E-state index is 0.235. The SMILES string of the molecule is C[C@]1(N)CCC(=O)OC1=O. The van der Waals surface area contributed by atoms with E-state index in [-0.39, 0.29) is 6.42 Å². The Bertz CT molecular complexity index is 185. The first-order valence-corrected chi connectivity index (χ1v) is 3.06. The van der Waals surface area contributed by atoms with E-state index < -0.39 is 17.5 Å². The molecule has 56 valence electrons. The Kier molecular flexibility index (Phi) is 1.48. The smallest absolute Gasteiger partial charge is 0.333 e. The molecular weight excluding hydrogens is 134 g/mol. The molecule has 0 bridgehead atoms. The molecular formula is C6H9NO3. The number of cyclic esters (lactones) is 2. The molecule has 1 atom stereocenters. The summed E-state index contributed by atoms with van der Waals surface area (Å²) in [6.45, 7) is 1.56. The number of ether oxygens (including phenoxy) is 1. The van der Waals surface area contributed by atoms with E-state index in [4.69, 9.17) is 5.73 Å². The van der Waals surface area contributed by atoms with Crippen LogP contribution >= 0.6 is 0 Å². The van der Waals surface area contributed by atoms with Crippen LogP contribution in [0.25, 0.3) is 0 Å². The molecule has 0 amide bonds. The quantitative estimate of drug-likeness (QED) is 0.369. The third-order valence-corrected chi connectivity index (χ3v) is 1.52. The number of hydrogen-bond acceptors (Lipinski definition) is 4. The summed E-state index contributed by atoms with van der Waals surface area (Å²) < 4.78 is 4.30. The lowest BCUT2D eigenvalue weighted by Crippen LogP contribution is -2.50. The van der Waals surface area contributed by atoms with Crippen LogP contribution in [-0.4, -0.2) is 17.5 Å². The van der Waals surface area contributed by atoms with Crippen molar-refractivity contribution in [2.24, 2.45) is 5.73 Å². The average molecular weight is 143 g/mol. The summed E-state index contributed by atoms with van der Waals surface area (Å²) in [7, 11) is 0. The second-order valence-corrected chi connectivity index (χ2v) is 2.68. The Morgan fingerprint density at radius 2 is 2.20 bits per heavy atom. The average Bonchev–Trinajstić information content (AvgIpc) is 1.81. The van der Waals surface area contributed by atoms with Crippen LogP contribution in [0.3, 0.4) is 0 Å². The first-order chi connectivity index (χ1) is 4.52. The van der Waals surface area contributed by atoms with E-state index in [2.05, 4.69) is 4.74 Å². The van der Waals surface area contributed by atoms with Gasteiger partial charge in [0, 0.05) is 6.42 Å². The molecule has 0 aromatic rings. The van der Waals surface area contributed by atoms with Gasteiger partial charge in [0.2, 0.25) is 0 Å². The molecule has 4 nitrogen and oxygen atoms in total. The largest absolute Gasteiger partial charge is 0.392 e. The van der Waals surface area contributed by atoms with Crippen LogP contribution in [0.4, 0.5) is 0 Å². The van der Waals surface area contributed by atoms with Crippen molar-refractivity contribution in [2.75, 3.05) is 0 Å². The van der Waals surface area contributed by atoms with Gasteiger partial charge in [0.25, 0.3) is 0 Å². The Morgan fingerprint density at radius 1 is 1.60 bits per heavy atom. The number of hydrogen-bond donors (Lipinski definition) is 1. The molecule has 0 radical (unpaired) electrons. The van der Waals surface area contributed by atoms with Crippen molar-refractivity contribution < 1.29 is 14.3 Å². The van der Waals surface area contributed by atoms with Crippen molar-refractivity contribution in [1.82, 2.24) is 0 Å². The molecule has 4 heteroatoms. The Hall–Kier alpha value is -0.900. The van der Waals surface area contributed by atoms with E-state index in [0.29, 0.717) is 6.42 Å². The van der Waals surface area contributed by atoms with Crippen molar-refractivity contribution >= 4 is 11.9 Å². The summed E-state index contributed by atoms with van der Waals surface area (Å²) in [5.41, 5.74) is 4.49. The highest BCUT2D eigenvalue weighted by Crippen LogP contribution is 2.17. The highest BCUT2D eigenvalue weighted by atomic mass is 16.6. The van der Waals surface area contributed by atoms with Gasteiger partial charge in [0.05, 0.1) is 0 Å². The number of carbonyl (C=O) groups is 2. The summed E-state index contributed by atoms with van der Waals surface area (Å²) in [6, 6.07) is 0. The molecule has 0 aromatic carbocycles. The predicted molar refractivity (Wildman–Crippen MR) is 32.9 cm³/mol. The van der Waals surface area contributed by atoms with Crippen molar-refractivity contribution in [2.45, 2.75) is 25.3 Å². The molecule has 10 heavy (non-hydrogen) atoms. The fourth-order valence-electron chi connectivity index (χ4n) is 0.735. The second kappa shape index (κ2) is 2.05. The van der Waals surface area contributed by atoms with Crippen LogP contribution in [0, 0.1) is 0 Å². The fourth-order valence-corrected chi connectivity index (χ4v) is 0.735. The highest BCUT2D eigenvalue weighted by molar-refractivity contribution is 5.93. The van der Waals surface area contributed by atoms with Gasteiger partial charge >= 0.3 is 11.9 Å². The summed E-state index contributed by atoms with van der Waals surface area (Å²) in [6.07, 6.45) is 0.614. The van der Waals surface area contributed by atoms with Crippen LogP contribution in [0.1, 0.15) is 19.8 Å². The molecule has 1 aliphatic heterocycles. The number of esters is 2. The molecule has 0 aliphatic carbocycles. The van der Waals surface area contributed by atoms with Gasteiger partial charge in [-0.05, 0) is 13.3 Å². The zero-order chi connectivity index (χ0) is 7.78. The van der Waals surface area contributed by atoms with Crippen LogP contribution in [0.5, 0.6) is 0 Å². The minimum Gasteiger partial charge on any atom is -0.392 e. The van der Waals surface area contributed by atoms with E-state index in [1.54, 1.807) is 6.92 Å². The number of nitrogens with two attached hydrogens (primary N) is 1. The van der Waals surface area contributed by atoms with Gasteiger partial charge in [-0.1, -0.05) is 0 Å². The summed E-state index contributed by atoms with van der Waals surface area (Å²) in [5, 5.41) is 0. The van der Waals surface area contributed by atoms with Crippen LogP contribution < -0.4 is 5.73 Å². The molecule has 1 aliphatic rings. The molecule has 0 saturated carbocycles.